The second-order valence-corrected chi connectivity index (χ2v) is 6.05. The lowest BCUT2D eigenvalue weighted by molar-refractivity contribution is 0.378. The largest absolute Gasteiger partial charge is 0.389 e. The minimum atomic E-state index is 0.354. The van der Waals surface area contributed by atoms with Gasteiger partial charge in [-0.15, -0.1) is 0 Å². The summed E-state index contributed by atoms with van der Waals surface area (Å²) < 4.78 is 0. The fraction of sp³-hybridized carbons (Fsp3) is 0.500. The van der Waals surface area contributed by atoms with Crippen molar-refractivity contribution in [1.29, 1.82) is 0 Å². The number of hydrogen-bond donors (Lipinski definition) is 1. The van der Waals surface area contributed by atoms with Gasteiger partial charge in [0.05, 0.1) is 5.02 Å². The molecule has 0 spiro atoms. The van der Waals surface area contributed by atoms with Crippen LogP contribution in [0.4, 0.5) is 5.69 Å². The van der Waals surface area contributed by atoms with Crippen molar-refractivity contribution in [2.45, 2.75) is 32.7 Å². The maximum Gasteiger partial charge on any atom is 0.105 e. The molecule has 1 heterocycles. The molecule has 2 unspecified atom stereocenters. The second kappa shape index (κ2) is 5.45. The number of hydrogen-bond acceptors (Lipinski definition) is 2. The summed E-state index contributed by atoms with van der Waals surface area (Å²) in [4.78, 5) is 2.77. The van der Waals surface area contributed by atoms with E-state index in [2.05, 4.69) is 24.8 Å². The first-order chi connectivity index (χ1) is 8.49. The molecule has 0 bridgehead atoms. The van der Waals surface area contributed by atoms with Gasteiger partial charge in [-0.2, -0.15) is 0 Å². The first-order valence-electron chi connectivity index (χ1n) is 6.35. The molecule has 98 valence electrons. The highest BCUT2D eigenvalue weighted by molar-refractivity contribution is 7.80. The molecule has 0 amide bonds. The summed E-state index contributed by atoms with van der Waals surface area (Å²) in [5.74, 6) is 0.808. The van der Waals surface area contributed by atoms with Crippen molar-refractivity contribution in [1.82, 2.24) is 0 Å². The zero-order valence-electron chi connectivity index (χ0n) is 10.8. The van der Waals surface area contributed by atoms with Crippen LogP contribution in [0.2, 0.25) is 5.02 Å². The predicted molar refractivity (Wildman–Crippen MR) is 82.5 cm³/mol. The monoisotopic (exact) mass is 282 g/mol. The van der Waals surface area contributed by atoms with Crippen LogP contribution in [0, 0.1) is 5.92 Å². The van der Waals surface area contributed by atoms with Crippen molar-refractivity contribution in [2.75, 3.05) is 11.4 Å². The molecule has 2 N–H and O–H groups in total. The standard InChI is InChI=1S/C14H19ClN2S/c1-9-5-6-17(10(2)7-9)11-3-4-12(14(16)18)13(15)8-11/h3-4,8-10H,5-7H2,1-2H3,(H2,16,18). The van der Waals surface area contributed by atoms with E-state index in [9.17, 15) is 0 Å². The molecular formula is C14H19ClN2S. The third-order valence-electron chi connectivity index (χ3n) is 3.69. The normalized spacial score (nSPS) is 24.1. The Kier molecular flexibility index (Phi) is 4.13. The lowest BCUT2D eigenvalue weighted by Crippen LogP contribution is -2.40. The van der Waals surface area contributed by atoms with Gasteiger partial charge < -0.3 is 10.6 Å². The first-order valence-corrected chi connectivity index (χ1v) is 7.13. The molecule has 18 heavy (non-hydrogen) atoms. The van der Waals surface area contributed by atoms with Gasteiger partial charge in [0.2, 0.25) is 0 Å². The highest BCUT2D eigenvalue weighted by Gasteiger charge is 2.23. The minimum Gasteiger partial charge on any atom is -0.389 e. The molecule has 1 fully saturated rings. The summed E-state index contributed by atoms with van der Waals surface area (Å²) in [5.41, 5.74) is 7.55. The minimum absolute atomic E-state index is 0.354. The molecular weight excluding hydrogens is 264 g/mol. The van der Waals surface area contributed by atoms with E-state index in [4.69, 9.17) is 29.6 Å². The van der Waals surface area contributed by atoms with Gasteiger partial charge in [0.15, 0.2) is 0 Å². The first kappa shape index (κ1) is 13.6. The molecule has 1 aromatic rings. The zero-order chi connectivity index (χ0) is 13.3. The van der Waals surface area contributed by atoms with E-state index in [1.807, 2.05) is 12.1 Å². The van der Waals surface area contributed by atoms with E-state index < -0.39 is 0 Å². The van der Waals surface area contributed by atoms with Crippen molar-refractivity contribution in [2.24, 2.45) is 11.7 Å². The summed E-state index contributed by atoms with van der Waals surface area (Å²) in [6.07, 6.45) is 2.47. The van der Waals surface area contributed by atoms with E-state index in [1.165, 1.54) is 18.5 Å². The van der Waals surface area contributed by atoms with Crippen LogP contribution in [0.1, 0.15) is 32.3 Å². The molecule has 1 aliphatic rings. The summed E-state index contributed by atoms with van der Waals surface area (Å²) in [5, 5.41) is 0.644. The highest BCUT2D eigenvalue weighted by Crippen LogP contribution is 2.30. The van der Waals surface area contributed by atoms with Gasteiger partial charge in [0.1, 0.15) is 4.99 Å². The number of halogens is 1. The fourth-order valence-electron chi connectivity index (χ4n) is 2.67. The van der Waals surface area contributed by atoms with Crippen LogP contribution >= 0.6 is 23.8 Å². The van der Waals surface area contributed by atoms with Crippen LogP contribution in [-0.4, -0.2) is 17.6 Å². The van der Waals surface area contributed by atoms with Crippen LogP contribution in [0.25, 0.3) is 0 Å². The number of rotatable bonds is 2. The van der Waals surface area contributed by atoms with E-state index in [1.54, 1.807) is 0 Å². The Labute approximate surface area is 119 Å². The summed E-state index contributed by atoms with van der Waals surface area (Å²) in [7, 11) is 0. The molecule has 1 saturated heterocycles. The Morgan fingerprint density at radius 2 is 2.17 bits per heavy atom. The molecule has 1 aromatic carbocycles. The SMILES string of the molecule is CC1CCN(c2ccc(C(N)=S)c(Cl)c2)C(C)C1. The maximum absolute atomic E-state index is 6.23. The van der Waals surface area contributed by atoms with Gasteiger partial charge in [-0.3, -0.25) is 0 Å². The highest BCUT2D eigenvalue weighted by atomic mass is 35.5. The fourth-order valence-corrected chi connectivity index (χ4v) is 3.18. The van der Waals surface area contributed by atoms with E-state index in [0.717, 1.165) is 18.0 Å². The van der Waals surface area contributed by atoms with Gasteiger partial charge in [-0.1, -0.05) is 30.7 Å². The summed E-state index contributed by atoms with van der Waals surface area (Å²) in [6.45, 7) is 5.67. The molecule has 1 aliphatic heterocycles. The van der Waals surface area contributed by atoms with Gasteiger partial charge >= 0.3 is 0 Å². The average molecular weight is 283 g/mol. The lowest BCUT2D eigenvalue weighted by atomic mass is 9.93. The molecule has 0 radical (unpaired) electrons. The molecule has 0 saturated carbocycles. The van der Waals surface area contributed by atoms with Crippen LogP contribution in [0.5, 0.6) is 0 Å². The second-order valence-electron chi connectivity index (χ2n) is 5.20. The number of piperidine rings is 1. The van der Waals surface area contributed by atoms with E-state index in [-0.39, 0.29) is 0 Å². The number of anilines is 1. The average Bonchev–Trinajstić information content (AvgIpc) is 2.28. The Morgan fingerprint density at radius 3 is 2.72 bits per heavy atom. The molecule has 4 heteroatoms. The quantitative estimate of drug-likeness (QED) is 0.841. The Bertz CT molecular complexity index is 461. The third kappa shape index (κ3) is 2.78. The number of thiocarbonyl (C=S) groups is 1. The Balaban J connectivity index is 2.24. The maximum atomic E-state index is 6.23. The summed E-state index contributed by atoms with van der Waals surface area (Å²) in [6, 6.07) is 6.51. The third-order valence-corrected chi connectivity index (χ3v) is 4.22. The van der Waals surface area contributed by atoms with Crippen molar-refractivity contribution >= 4 is 34.5 Å². The number of nitrogens with two attached hydrogens (primary N) is 1. The number of benzene rings is 1. The Morgan fingerprint density at radius 1 is 1.44 bits per heavy atom. The molecule has 0 aliphatic carbocycles. The van der Waals surface area contributed by atoms with Gasteiger partial charge in [-0.05, 0) is 43.9 Å². The number of nitrogens with zero attached hydrogens (tertiary/aromatic N) is 1. The van der Waals surface area contributed by atoms with Crippen LogP contribution < -0.4 is 10.6 Å². The van der Waals surface area contributed by atoms with Gasteiger partial charge in [0, 0.05) is 23.8 Å². The molecule has 2 nitrogen and oxygen atoms in total. The smallest absolute Gasteiger partial charge is 0.105 e. The van der Waals surface area contributed by atoms with Crippen LogP contribution in [-0.2, 0) is 0 Å². The topological polar surface area (TPSA) is 29.3 Å². The Hall–Kier alpha value is -0.800. The van der Waals surface area contributed by atoms with Crippen molar-refractivity contribution in [3.8, 4) is 0 Å². The molecule has 2 atom stereocenters. The van der Waals surface area contributed by atoms with Crippen molar-refractivity contribution in [3.63, 3.8) is 0 Å². The predicted octanol–water partition coefficient (Wildman–Crippen LogP) is 3.60. The van der Waals surface area contributed by atoms with Gasteiger partial charge in [0.25, 0.3) is 0 Å². The van der Waals surface area contributed by atoms with E-state index in [0.29, 0.717) is 16.1 Å². The lowest BCUT2D eigenvalue weighted by Gasteiger charge is -2.38. The van der Waals surface area contributed by atoms with Crippen LogP contribution in [0.3, 0.4) is 0 Å². The molecule has 2 rings (SSSR count). The van der Waals surface area contributed by atoms with Gasteiger partial charge in [-0.25, -0.2) is 0 Å². The zero-order valence-corrected chi connectivity index (χ0v) is 12.4. The summed E-state index contributed by atoms with van der Waals surface area (Å²) >= 11 is 11.2. The molecule has 0 aromatic heterocycles. The van der Waals surface area contributed by atoms with Crippen molar-refractivity contribution in [3.05, 3.63) is 28.8 Å². The van der Waals surface area contributed by atoms with Crippen LogP contribution in [0.15, 0.2) is 18.2 Å². The van der Waals surface area contributed by atoms with E-state index >= 15 is 0 Å². The van der Waals surface area contributed by atoms with Crippen molar-refractivity contribution < 1.29 is 0 Å².